The molecule has 0 fully saturated rings. The number of carbonyl (C=O) groups excluding carboxylic acids is 1. The zero-order valence-electron chi connectivity index (χ0n) is 13.2. The van der Waals surface area contributed by atoms with Gasteiger partial charge in [-0.3, -0.25) is 4.79 Å². The summed E-state index contributed by atoms with van der Waals surface area (Å²) in [6.45, 7) is 0. The number of hydrogen-bond donors (Lipinski definition) is 1. The number of nitrogens with one attached hydrogen (secondary N) is 1. The number of halogens is 1. The van der Waals surface area contributed by atoms with Gasteiger partial charge in [0.15, 0.2) is 5.09 Å². The van der Waals surface area contributed by atoms with Crippen LogP contribution in [0.15, 0.2) is 86.2 Å². The van der Waals surface area contributed by atoms with Crippen molar-refractivity contribution in [1.29, 1.82) is 0 Å². The SMILES string of the molecule is O=C(Cc1ccc(F)cc1)N/N=C/c1ccc(Sc2ccccc2)o1. The first kappa shape index (κ1) is 17.0. The second kappa shape index (κ2) is 8.30. The molecule has 0 aliphatic carbocycles. The van der Waals surface area contributed by atoms with Crippen molar-refractivity contribution >= 4 is 23.9 Å². The molecule has 25 heavy (non-hydrogen) atoms. The summed E-state index contributed by atoms with van der Waals surface area (Å²) < 4.78 is 18.4. The monoisotopic (exact) mass is 354 g/mol. The van der Waals surface area contributed by atoms with Gasteiger partial charge in [0.25, 0.3) is 0 Å². The molecular weight excluding hydrogens is 339 g/mol. The number of benzene rings is 2. The fourth-order valence-electron chi connectivity index (χ4n) is 2.06. The molecule has 0 radical (unpaired) electrons. The van der Waals surface area contributed by atoms with E-state index in [4.69, 9.17) is 4.42 Å². The summed E-state index contributed by atoms with van der Waals surface area (Å²) in [5, 5.41) is 4.62. The van der Waals surface area contributed by atoms with E-state index in [0.29, 0.717) is 11.3 Å². The zero-order chi connectivity index (χ0) is 17.5. The van der Waals surface area contributed by atoms with Gasteiger partial charge in [-0.05, 0) is 42.0 Å². The Kier molecular flexibility index (Phi) is 5.64. The van der Waals surface area contributed by atoms with Gasteiger partial charge in [0.2, 0.25) is 5.91 Å². The number of hydrazone groups is 1. The molecule has 0 aliphatic rings. The number of furan rings is 1. The minimum atomic E-state index is -0.329. The molecule has 1 aromatic heterocycles. The first-order valence-electron chi connectivity index (χ1n) is 7.58. The van der Waals surface area contributed by atoms with Crippen LogP contribution in [0.2, 0.25) is 0 Å². The molecule has 3 aromatic rings. The molecule has 0 saturated carbocycles. The van der Waals surface area contributed by atoms with Gasteiger partial charge in [-0.1, -0.05) is 42.1 Å². The van der Waals surface area contributed by atoms with E-state index in [1.54, 1.807) is 18.2 Å². The zero-order valence-corrected chi connectivity index (χ0v) is 14.0. The molecule has 6 heteroatoms. The largest absolute Gasteiger partial charge is 0.448 e. The van der Waals surface area contributed by atoms with Crippen LogP contribution < -0.4 is 5.43 Å². The molecule has 4 nitrogen and oxygen atoms in total. The summed E-state index contributed by atoms with van der Waals surface area (Å²) in [7, 11) is 0. The lowest BCUT2D eigenvalue weighted by molar-refractivity contribution is -0.120. The highest BCUT2D eigenvalue weighted by Gasteiger charge is 2.04. The van der Waals surface area contributed by atoms with Gasteiger partial charge in [0.05, 0.1) is 12.6 Å². The number of carbonyl (C=O) groups is 1. The Hall–Kier alpha value is -2.86. The summed E-state index contributed by atoms with van der Waals surface area (Å²) in [6, 6.07) is 19.3. The molecule has 0 atom stereocenters. The summed E-state index contributed by atoms with van der Waals surface area (Å²) in [6.07, 6.45) is 1.57. The molecule has 3 rings (SSSR count). The van der Waals surface area contributed by atoms with Gasteiger partial charge in [-0.25, -0.2) is 9.82 Å². The van der Waals surface area contributed by atoms with Crippen LogP contribution in [0.25, 0.3) is 0 Å². The molecule has 126 valence electrons. The van der Waals surface area contributed by atoms with Crippen molar-refractivity contribution in [2.75, 3.05) is 0 Å². The van der Waals surface area contributed by atoms with Crippen molar-refractivity contribution in [3.63, 3.8) is 0 Å². The van der Waals surface area contributed by atoms with Gasteiger partial charge in [-0.15, -0.1) is 0 Å². The van der Waals surface area contributed by atoms with Crippen LogP contribution in [0.5, 0.6) is 0 Å². The third-order valence-corrected chi connectivity index (χ3v) is 4.15. The molecular formula is C19H15FN2O2S. The smallest absolute Gasteiger partial charge is 0.244 e. The predicted octanol–water partition coefficient (Wildman–Crippen LogP) is 4.26. The lowest BCUT2D eigenvalue weighted by Crippen LogP contribution is -2.19. The fourth-order valence-corrected chi connectivity index (χ4v) is 2.86. The van der Waals surface area contributed by atoms with Gasteiger partial charge in [0.1, 0.15) is 11.6 Å². The number of nitrogens with zero attached hydrogens (tertiary/aromatic N) is 1. The average Bonchev–Trinajstić information content (AvgIpc) is 3.05. The Bertz CT molecular complexity index is 861. The van der Waals surface area contributed by atoms with Gasteiger partial charge < -0.3 is 4.42 Å². The highest BCUT2D eigenvalue weighted by Crippen LogP contribution is 2.28. The quantitative estimate of drug-likeness (QED) is 0.531. The maximum absolute atomic E-state index is 12.8. The maximum Gasteiger partial charge on any atom is 0.244 e. The van der Waals surface area contributed by atoms with Crippen LogP contribution in [0.3, 0.4) is 0 Å². The van der Waals surface area contributed by atoms with Gasteiger partial charge >= 0.3 is 0 Å². The lowest BCUT2D eigenvalue weighted by atomic mass is 10.1. The van der Waals surface area contributed by atoms with Crippen LogP contribution >= 0.6 is 11.8 Å². The Morgan fingerprint density at radius 1 is 1.08 bits per heavy atom. The molecule has 0 unspecified atom stereocenters. The second-order valence-corrected chi connectivity index (χ2v) is 6.25. The van der Waals surface area contributed by atoms with Crippen LogP contribution in [-0.2, 0) is 11.2 Å². The van der Waals surface area contributed by atoms with Crippen molar-refractivity contribution in [3.8, 4) is 0 Å². The number of hydrogen-bond acceptors (Lipinski definition) is 4. The molecule has 1 amide bonds. The predicted molar refractivity (Wildman–Crippen MR) is 95.1 cm³/mol. The molecule has 1 N–H and O–H groups in total. The third kappa shape index (κ3) is 5.32. The molecule has 0 spiro atoms. The van der Waals surface area contributed by atoms with E-state index in [1.807, 2.05) is 36.4 Å². The van der Waals surface area contributed by atoms with E-state index in [-0.39, 0.29) is 18.1 Å². The van der Waals surface area contributed by atoms with E-state index < -0.39 is 0 Å². The van der Waals surface area contributed by atoms with Crippen molar-refractivity contribution in [1.82, 2.24) is 5.43 Å². The Morgan fingerprint density at radius 3 is 2.60 bits per heavy atom. The van der Waals surface area contributed by atoms with Gasteiger partial charge in [0, 0.05) is 4.90 Å². The Labute approximate surface area is 148 Å². The van der Waals surface area contributed by atoms with Crippen molar-refractivity contribution in [2.45, 2.75) is 16.4 Å². The summed E-state index contributed by atoms with van der Waals surface area (Å²) in [5.41, 5.74) is 3.14. The normalized spacial score (nSPS) is 10.9. The molecule has 0 aliphatic heterocycles. The highest BCUT2D eigenvalue weighted by atomic mass is 32.2. The lowest BCUT2D eigenvalue weighted by Gasteiger charge is -2.00. The maximum atomic E-state index is 12.8. The summed E-state index contributed by atoms with van der Waals surface area (Å²) >= 11 is 1.50. The number of amides is 1. The van der Waals surface area contributed by atoms with Crippen LogP contribution in [0.4, 0.5) is 4.39 Å². The molecule has 0 bridgehead atoms. The van der Waals surface area contributed by atoms with E-state index >= 15 is 0 Å². The molecule has 1 heterocycles. The summed E-state index contributed by atoms with van der Waals surface area (Å²) in [5.74, 6) is -0.0713. The van der Waals surface area contributed by atoms with E-state index in [1.165, 1.54) is 30.1 Å². The highest BCUT2D eigenvalue weighted by molar-refractivity contribution is 7.99. The first-order chi connectivity index (χ1) is 12.2. The van der Waals surface area contributed by atoms with E-state index in [9.17, 15) is 9.18 Å². The molecule has 0 saturated heterocycles. The van der Waals surface area contributed by atoms with Gasteiger partial charge in [-0.2, -0.15) is 5.10 Å². The van der Waals surface area contributed by atoms with Crippen molar-refractivity contribution in [2.24, 2.45) is 5.10 Å². The Balaban J connectivity index is 1.50. The Morgan fingerprint density at radius 2 is 1.84 bits per heavy atom. The number of rotatable bonds is 6. The fraction of sp³-hybridized carbons (Fsp3) is 0.0526. The average molecular weight is 354 g/mol. The van der Waals surface area contributed by atoms with Crippen LogP contribution in [0.1, 0.15) is 11.3 Å². The third-order valence-electron chi connectivity index (χ3n) is 3.22. The van der Waals surface area contributed by atoms with E-state index in [0.717, 1.165) is 9.99 Å². The minimum Gasteiger partial charge on any atom is -0.448 e. The van der Waals surface area contributed by atoms with Crippen LogP contribution in [0, 0.1) is 5.82 Å². The van der Waals surface area contributed by atoms with E-state index in [2.05, 4.69) is 10.5 Å². The summed E-state index contributed by atoms with van der Waals surface area (Å²) in [4.78, 5) is 12.9. The van der Waals surface area contributed by atoms with Crippen molar-refractivity contribution < 1.29 is 13.6 Å². The topological polar surface area (TPSA) is 54.6 Å². The second-order valence-electron chi connectivity index (χ2n) is 5.17. The van der Waals surface area contributed by atoms with Crippen LogP contribution in [-0.4, -0.2) is 12.1 Å². The molecule has 2 aromatic carbocycles. The van der Waals surface area contributed by atoms with Crippen molar-refractivity contribution in [3.05, 3.63) is 83.9 Å². The minimum absolute atomic E-state index is 0.130. The standard InChI is InChI=1S/C19H15FN2O2S/c20-15-8-6-14(7-9-15)12-18(23)22-21-13-16-10-11-19(24-16)25-17-4-2-1-3-5-17/h1-11,13H,12H2,(H,22,23)/b21-13+. The first-order valence-corrected chi connectivity index (χ1v) is 8.40.